The van der Waals surface area contributed by atoms with E-state index in [2.05, 4.69) is 26.0 Å². The second-order valence-electron chi connectivity index (χ2n) is 1.49. The lowest BCUT2D eigenvalue weighted by Gasteiger charge is -1.83. The third-order valence-corrected chi connectivity index (χ3v) is 2.10. The second-order valence-corrected chi connectivity index (χ2v) is 2.97. The van der Waals surface area contributed by atoms with Crippen molar-refractivity contribution in [3.05, 3.63) is 4.73 Å². The third kappa shape index (κ3) is 1.46. The second kappa shape index (κ2) is 2.70. The molecule has 0 N–H and O–H groups in total. The van der Waals surface area contributed by atoms with Crippen molar-refractivity contribution < 1.29 is 0 Å². The Morgan fingerprint density at radius 1 is 1.67 bits per heavy atom. The first-order valence-electron chi connectivity index (χ1n) is 2.34. The average molecular weight is 208 g/mol. The van der Waals surface area contributed by atoms with Crippen molar-refractivity contribution in [2.75, 3.05) is 6.26 Å². The maximum atomic E-state index is 4.06. The van der Waals surface area contributed by atoms with E-state index in [1.54, 1.807) is 4.68 Å². The molecule has 0 saturated heterocycles. The Labute approximate surface area is 66.0 Å². The van der Waals surface area contributed by atoms with Gasteiger partial charge in [-0.25, -0.2) is 4.68 Å². The van der Waals surface area contributed by atoms with E-state index in [0.717, 1.165) is 9.89 Å². The molecule has 3 nitrogen and oxygen atoms in total. The van der Waals surface area contributed by atoms with Crippen molar-refractivity contribution in [1.29, 1.82) is 0 Å². The fourth-order valence-electron chi connectivity index (χ4n) is 0.430. The topological polar surface area (TPSA) is 30.7 Å². The summed E-state index contributed by atoms with van der Waals surface area (Å²) >= 11 is 4.76. The molecule has 1 rings (SSSR count). The molecule has 0 aromatic carbocycles. The normalized spacial score (nSPS) is 10.1. The van der Waals surface area contributed by atoms with Crippen LogP contribution in [-0.2, 0) is 7.05 Å². The summed E-state index contributed by atoms with van der Waals surface area (Å²) in [6, 6.07) is 0. The number of hydrogen-bond donors (Lipinski definition) is 0. The molecule has 0 saturated carbocycles. The highest BCUT2D eigenvalue weighted by atomic mass is 79.9. The number of nitrogens with zero attached hydrogens (tertiary/aromatic N) is 3. The fourth-order valence-corrected chi connectivity index (χ4v) is 1.18. The van der Waals surface area contributed by atoms with Crippen LogP contribution in [0.1, 0.15) is 0 Å². The standard InChI is InChI=1S/C4H6BrN3S/c1-8-3(5)6-4(7-8)9-2/h1-2H3. The molecule has 0 unspecified atom stereocenters. The largest absolute Gasteiger partial charge is 0.242 e. The Morgan fingerprint density at radius 3 is 2.56 bits per heavy atom. The predicted molar refractivity (Wildman–Crippen MR) is 40.5 cm³/mol. The van der Waals surface area contributed by atoms with Crippen LogP contribution in [0.2, 0.25) is 0 Å². The minimum Gasteiger partial charge on any atom is -0.242 e. The summed E-state index contributed by atoms with van der Waals surface area (Å²) in [6.45, 7) is 0. The first-order valence-corrected chi connectivity index (χ1v) is 4.36. The van der Waals surface area contributed by atoms with Crippen LogP contribution in [0.15, 0.2) is 9.89 Å². The van der Waals surface area contributed by atoms with Gasteiger partial charge in [0.15, 0.2) is 4.73 Å². The van der Waals surface area contributed by atoms with Crippen LogP contribution in [0.25, 0.3) is 0 Å². The molecule has 5 heteroatoms. The molecule has 0 fully saturated rings. The monoisotopic (exact) mass is 207 g/mol. The van der Waals surface area contributed by atoms with E-state index in [1.165, 1.54) is 11.8 Å². The molecule has 50 valence electrons. The Kier molecular flexibility index (Phi) is 2.13. The summed E-state index contributed by atoms with van der Waals surface area (Å²) in [5, 5.41) is 4.85. The lowest BCUT2D eigenvalue weighted by atomic mass is 11.2. The summed E-state index contributed by atoms with van der Waals surface area (Å²) in [6.07, 6.45) is 1.95. The molecular formula is C4H6BrN3S. The van der Waals surface area contributed by atoms with Crippen LogP contribution in [0.5, 0.6) is 0 Å². The van der Waals surface area contributed by atoms with E-state index >= 15 is 0 Å². The summed E-state index contributed by atoms with van der Waals surface area (Å²) in [4.78, 5) is 4.06. The SMILES string of the molecule is CSc1nc(Br)n(C)n1. The molecule has 0 radical (unpaired) electrons. The molecule has 9 heavy (non-hydrogen) atoms. The van der Waals surface area contributed by atoms with Gasteiger partial charge in [0, 0.05) is 7.05 Å². The molecule has 0 aliphatic rings. The van der Waals surface area contributed by atoms with E-state index in [0.29, 0.717) is 0 Å². The van der Waals surface area contributed by atoms with Crippen LogP contribution in [0, 0.1) is 0 Å². The quantitative estimate of drug-likeness (QED) is 0.651. The van der Waals surface area contributed by atoms with Crippen molar-refractivity contribution in [3.8, 4) is 0 Å². The summed E-state index contributed by atoms with van der Waals surface area (Å²) in [7, 11) is 1.84. The Bertz CT molecular complexity index is 190. The van der Waals surface area contributed by atoms with Crippen molar-refractivity contribution in [2.24, 2.45) is 7.05 Å². The van der Waals surface area contributed by atoms with Crippen molar-refractivity contribution in [2.45, 2.75) is 5.16 Å². The number of aromatic nitrogens is 3. The van der Waals surface area contributed by atoms with E-state index in [-0.39, 0.29) is 0 Å². The maximum absolute atomic E-state index is 4.06. The van der Waals surface area contributed by atoms with Gasteiger partial charge in [-0.2, -0.15) is 4.98 Å². The highest BCUT2D eigenvalue weighted by molar-refractivity contribution is 9.10. The van der Waals surface area contributed by atoms with Crippen LogP contribution in [0.3, 0.4) is 0 Å². The molecule has 0 atom stereocenters. The molecule has 0 aliphatic heterocycles. The third-order valence-electron chi connectivity index (χ3n) is 0.873. The molecule has 0 amide bonds. The van der Waals surface area contributed by atoms with Gasteiger partial charge in [0.1, 0.15) is 0 Å². The number of hydrogen-bond acceptors (Lipinski definition) is 3. The zero-order valence-corrected chi connectivity index (χ0v) is 7.53. The van der Waals surface area contributed by atoms with Gasteiger partial charge in [0.05, 0.1) is 0 Å². The van der Waals surface area contributed by atoms with Crippen molar-refractivity contribution >= 4 is 27.7 Å². The number of rotatable bonds is 1. The van der Waals surface area contributed by atoms with Crippen LogP contribution in [0.4, 0.5) is 0 Å². The lowest BCUT2D eigenvalue weighted by Crippen LogP contribution is -1.88. The fraction of sp³-hybridized carbons (Fsp3) is 0.500. The minimum absolute atomic E-state index is 0.770. The van der Waals surface area contributed by atoms with Crippen LogP contribution >= 0.6 is 27.7 Å². The van der Waals surface area contributed by atoms with Crippen molar-refractivity contribution in [1.82, 2.24) is 14.8 Å². The van der Waals surface area contributed by atoms with Gasteiger partial charge < -0.3 is 0 Å². The average Bonchev–Trinajstić information content (AvgIpc) is 2.13. The highest BCUT2D eigenvalue weighted by Gasteiger charge is 1.99. The summed E-state index contributed by atoms with van der Waals surface area (Å²) in [5.41, 5.74) is 0. The Morgan fingerprint density at radius 2 is 2.33 bits per heavy atom. The van der Waals surface area contributed by atoms with Gasteiger partial charge in [-0.1, -0.05) is 11.8 Å². The predicted octanol–water partition coefficient (Wildman–Crippen LogP) is 1.30. The van der Waals surface area contributed by atoms with Gasteiger partial charge in [0.25, 0.3) is 0 Å². The Hall–Kier alpha value is -0.0300. The minimum atomic E-state index is 0.770. The highest BCUT2D eigenvalue weighted by Crippen LogP contribution is 2.11. The summed E-state index contributed by atoms with van der Waals surface area (Å²) in [5.74, 6) is 0. The smallest absolute Gasteiger partial charge is 0.209 e. The first kappa shape index (κ1) is 7.08. The molecule has 0 aliphatic carbocycles. The number of aryl methyl sites for hydroxylation is 1. The lowest BCUT2D eigenvalue weighted by molar-refractivity contribution is 0.723. The maximum Gasteiger partial charge on any atom is 0.209 e. The Balaban J connectivity index is 2.98. The summed E-state index contributed by atoms with van der Waals surface area (Å²) < 4.78 is 2.46. The molecule has 0 spiro atoms. The zero-order valence-electron chi connectivity index (χ0n) is 5.13. The van der Waals surface area contributed by atoms with Gasteiger partial charge >= 0.3 is 0 Å². The van der Waals surface area contributed by atoms with Gasteiger partial charge in [0.2, 0.25) is 5.16 Å². The van der Waals surface area contributed by atoms with Crippen LogP contribution in [-0.4, -0.2) is 21.0 Å². The van der Waals surface area contributed by atoms with Gasteiger partial charge in [-0.05, 0) is 22.2 Å². The van der Waals surface area contributed by atoms with Crippen molar-refractivity contribution in [3.63, 3.8) is 0 Å². The molecule has 1 heterocycles. The van der Waals surface area contributed by atoms with Gasteiger partial charge in [-0.3, -0.25) is 0 Å². The molecular weight excluding hydrogens is 202 g/mol. The number of thioether (sulfide) groups is 1. The molecule has 1 aromatic heterocycles. The molecule has 1 aromatic rings. The molecule has 0 bridgehead atoms. The number of halogens is 1. The van der Waals surface area contributed by atoms with E-state index in [4.69, 9.17) is 0 Å². The first-order chi connectivity index (χ1) is 4.24. The van der Waals surface area contributed by atoms with E-state index in [1.807, 2.05) is 13.3 Å². The van der Waals surface area contributed by atoms with E-state index in [9.17, 15) is 0 Å². The van der Waals surface area contributed by atoms with E-state index < -0.39 is 0 Å². The zero-order chi connectivity index (χ0) is 6.85. The van der Waals surface area contributed by atoms with Crippen LogP contribution < -0.4 is 0 Å². The van der Waals surface area contributed by atoms with Gasteiger partial charge in [-0.15, -0.1) is 5.10 Å².